The molecular weight excluding hydrogens is 475 g/mol. The standard InChI is InChI=1S/C20H31IN2O5/c1-14(23-17(26)8-9-18(23)27)6-7-16(25)22-19(2,3)11-12-20(4,5)28-13-10-15(21)24/h8-9,14H,6-7,10-13H2,1-5H3,(H,22,25). The molecule has 0 aromatic heterocycles. The van der Waals surface area contributed by atoms with Crippen LogP contribution in [0.25, 0.3) is 0 Å². The molecule has 158 valence electrons. The van der Waals surface area contributed by atoms with Gasteiger partial charge in [-0.3, -0.25) is 24.1 Å². The van der Waals surface area contributed by atoms with E-state index in [9.17, 15) is 19.2 Å². The van der Waals surface area contributed by atoms with E-state index in [1.807, 2.05) is 27.7 Å². The molecular formula is C20H31IN2O5. The Labute approximate surface area is 180 Å². The Hall–Kier alpha value is -1.29. The minimum Gasteiger partial charge on any atom is -0.375 e. The largest absolute Gasteiger partial charge is 0.375 e. The highest BCUT2D eigenvalue weighted by Crippen LogP contribution is 2.23. The molecule has 1 aliphatic heterocycles. The number of amides is 3. The summed E-state index contributed by atoms with van der Waals surface area (Å²) in [4.78, 5) is 47.9. The van der Waals surface area contributed by atoms with Gasteiger partial charge in [-0.1, -0.05) is 0 Å². The van der Waals surface area contributed by atoms with Gasteiger partial charge in [-0.2, -0.15) is 0 Å². The monoisotopic (exact) mass is 506 g/mol. The fourth-order valence-electron chi connectivity index (χ4n) is 2.91. The minimum atomic E-state index is -0.416. The van der Waals surface area contributed by atoms with Crippen molar-refractivity contribution in [2.45, 2.75) is 83.9 Å². The van der Waals surface area contributed by atoms with E-state index in [1.54, 1.807) is 29.5 Å². The third-order valence-electron chi connectivity index (χ3n) is 4.69. The number of carbonyl (C=O) groups is 4. The van der Waals surface area contributed by atoms with Crippen molar-refractivity contribution in [1.82, 2.24) is 10.2 Å². The summed E-state index contributed by atoms with van der Waals surface area (Å²) in [6.07, 6.45) is 4.99. The average Bonchev–Trinajstić information content (AvgIpc) is 2.89. The van der Waals surface area contributed by atoms with Gasteiger partial charge < -0.3 is 10.1 Å². The molecule has 0 radical (unpaired) electrons. The Morgan fingerprint density at radius 3 is 2.21 bits per heavy atom. The summed E-state index contributed by atoms with van der Waals surface area (Å²) in [6, 6.07) is -0.322. The van der Waals surface area contributed by atoms with Crippen LogP contribution in [0, 0.1) is 0 Å². The van der Waals surface area contributed by atoms with Crippen molar-refractivity contribution in [2.75, 3.05) is 6.61 Å². The van der Waals surface area contributed by atoms with Crippen LogP contribution < -0.4 is 5.32 Å². The molecule has 28 heavy (non-hydrogen) atoms. The highest BCUT2D eigenvalue weighted by Gasteiger charge is 2.30. The molecule has 7 nitrogen and oxygen atoms in total. The smallest absolute Gasteiger partial charge is 0.253 e. The molecule has 0 fully saturated rings. The molecule has 1 heterocycles. The molecule has 0 bridgehead atoms. The number of ether oxygens (including phenoxy) is 1. The van der Waals surface area contributed by atoms with Crippen molar-refractivity contribution in [3.05, 3.63) is 12.2 Å². The van der Waals surface area contributed by atoms with Gasteiger partial charge in [0.05, 0.1) is 12.2 Å². The zero-order chi connectivity index (χ0) is 21.5. The van der Waals surface area contributed by atoms with Crippen molar-refractivity contribution in [3.8, 4) is 0 Å². The molecule has 0 saturated carbocycles. The van der Waals surface area contributed by atoms with Crippen LogP contribution in [-0.2, 0) is 23.9 Å². The maximum Gasteiger partial charge on any atom is 0.253 e. The molecule has 1 unspecified atom stereocenters. The zero-order valence-electron chi connectivity index (χ0n) is 17.3. The highest BCUT2D eigenvalue weighted by molar-refractivity contribution is 14.1. The Balaban J connectivity index is 2.39. The van der Waals surface area contributed by atoms with Crippen LogP contribution >= 0.6 is 22.6 Å². The number of nitrogens with zero attached hydrogens (tertiary/aromatic N) is 1. The number of hydrogen-bond acceptors (Lipinski definition) is 5. The second kappa shape index (κ2) is 10.5. The first kappa shape index (κ1) is 24.7. The average molecular weight is 506 g/mol. The molecule has 3 amide bonds. The number of carbonyl (C=O) groups excluding carboxylic acids is 4. The lowest BCUT2D eigenvalue weighted by molar-refractivity contribution is -0.139. The fraction of sp³-hybridized carbons (Fsp3) is 0.700. The molecule has 1 N–H and O–H groups in total. The lowest BCUT2D eigenvalue weighted by Crippen LogP contribution is -2.45. The molecule has 0 aromatic carbocycles. The van der Waals surface area contributed by atoms with Crippen LogP contribution in [0.4, 0.5) is 0 Å². The predicted octanol–water partition coefficient (Wildman–Crippen LogP) is 2.90. The van der Waals surface area contributed by atoms with Crippen LogP contribution in [-0.4, -0.2) is 50.2 Å². The van der Waals surface area contributed by atoms with E-state index in [0.29, 0.717) is 25.9 Å². The van der Waals surface area contributed by atoms with Gasteiger partial charge >= 0.3 is 0 Å². The van der Waals surface area contributed by atoms with Gasteiger partial charge in [0, 0.05) is 36.6 Å². The van der Waals surface area contributed by atoms with Gasteiger partial charge in [0.1, 0.15) is 0 Å². The first-order valence-electron chi connectivity index (χ1n) is 9.51. The number of rotatable bonds is 12. The Morgan fingerprint density at radius 1 is 1.11 bits per heavy atom. The number of halogens is 1. The van der Waals surface area contributed by atoms with Gasteiger partial charge in [-0.15, -0.1) is 0 Å². The van der Waals surface area contributed by atoms with Crippen LogP contribution in [0.3, 0.4) is 0 Å². The maximum absolute atomic E-state index is 12.3. The molecule has 0 aromatic rings. The summed E-state index contributed by atoms with van der Waals surface area (Å²) in [7, 11) is 0. The third kappa shape index (κ3) is 8.81. The van der Waals surface area contributed by atoms with Gasteiger partial charge in [0.25, 0.3) is 11.8 Å². The zero-order valence-corrected chi connectivity index (χ0v) is 19.5. The second-order valence-corrected chi connectivity index (χ2v) is 9.62. The summed E-state index contributed by atoms with van der Waals surface area (Å²) in [5, 5.41) is 3.02. The van der Waals surface area contributed by atoms with E-state index in [-0.39, 0.29) is 39.6 Å². The topological polar surface area (TPSA) is 92.8 Å². The lowest BCUT2D eigenvalue weighted by atomic mass is 9.91. The summed E-state index contributed by atoms with van der Waals surface area (Å²) >= 11 is 1.76. The number of hydrogen-bond donors (Lipinski definition) is 1. The van der Waals surface area contributed by atoms with Crippen LogP contribution in [0.5, 0.6) is 0 Å². The Morgan fingerprint density at radius 2 is 1.68 bits per heavy atom. The lowest BCUT2D eigenvalue weighted by Gasteiger charge is -2.32. The molecule has 0 saturated heterocycles. The highest BCUT2D eigenvalue weighted by atomic mass is 127. The van der Waals surface area contributed by atoms with Gasteiger partial charge in [0.2, 0.25) is 5.91 Å². The molecule has 8 heteroatoms. The van der Waals surface area contributed by atoms with E-state index in [4.69, 9.17) is 4.74 Å². The molecule has 1 rings (SSSR count). The van der Waals surface area contributed by atoms with E-state index >= 15 is 0 Å². The van der Waals surface area contributed by atoms with Crippen molar-refractivity contribution in [1.29, 1.82) is 0 Å². The third-order valence-corrected chi connectivity index (χ3v) is 5.23. The predicted molar refractivity (Wildman–Crippen MR) is 115 cm³/mol. The molecule has 1 atom stereocenters. The van der Waals surface area contributed by atoms with E-state index in [0.717, 1.165) is 6.42 Å². The minimum absolute atomic E-state index is 0.0725. The maximum atomic E-state index is 12.3. The normalized spacial score (nSPS) is 15.9. The Kier molecular flexibility index (Phi) is 9.26. The summed E-state index contributed by atoms with van der Waals surface area (Å²) in [6.45, 7) is 10.0. The van der Waals surface area contributed by atoms with E-state index in [1.165, 1.54) is 17.1 Å². The number of nitrogens with one attached hydrogen (secondary N) is 1. The molecule has 0 spiro atoms. The Bertz CT molecular complexity index is 625. The van der Waals surface area contributed by atoms with E-state index in [2.05, 4.69) is 5.32 Å². The molecule has 1 aliphatic rings. The van der Waals surface area contributed by atoms with Crippen molar-refractivity contribution >= 4 is 44.1 Å². The van der Waals surface area contributed by atoms with Crippen molar-refractivity contribution in [3.63, 3.8) is 0 Å². The van der Waals surface area contributed by atoms with E-state index < -0.39 is 5.54 Å². The van der Waals surface area contributed by atoms with Crippen molar-refractivity contribution in [2.24, 2.45) is 0 Å². The van der Waals surface area contributed by atoms with Crippen LogP contribution in [0.1, 0.15) is 66.7 Å². The molecule has 0 aliphatic carbocycles. The van der Waals surface area contributed by atoms with Gasteiger partial charge in [0.15, 0.2) is 3.79 Å². The first-order valence-corrected chi connectivity index (χ1v) is 10.6. The SMILES string of the molecule is CC(CCC(=O)NC(C)(C)CCC(C)(C)OCCC(=O)I)N1C(=O)C=CC1=O. The quantitative estimate of drug-likeness (QED) is 0.250. The first-order chi connectivity index (χ1) is 12.8. The van der Waals surface area contributed by atoms with Gasteiger partial charge in [-0.25, -0.2) is 0 Å². The summed E-state index contributed by atoms with van der Waals surface area (Å²) in [5.74, 6) is -0.771. The van der Waals surface area contributed by atoms with Crippen LogP contribution in [0.2, 0.25) is 0 Å². The summed E-state index contributed by atoms with van der Waals surface area (Å²) < 4.78 is 5.86. The van der Waals surface area contributed by atoms with Gasteiger partial charge in [-0.05, 0) is 76.5 Å². The second-order valence-electron chi connectivity index (χ2n) is 8.41. The fourth-order valence-corrected chi connectivity index (χ4v) is 3.13. The number of imide groups is 1. The van der Waals surface area contributed by atoms with Crippen LogP contribution in [0.15, 0.2) is 12.2 Å². The van der Waals surface area contributed by atoms with Crippen molar-refractivity contribution < 1.29 is 23.9 Å². The summed E-state index contributed by atoms with van der Waals surface area (Å²) in [5.41, 5.74) is -0.799.